The number of aromatic nitrogens is 2. The lowest BCUT2D eigenvalue weighted by atomic mass is 10.0. The molecular weight excluding hydrogens is 457 g/mol. The van der Waals surface area contributed by atoms with Crippen molar-refractivity contribution in [3.8, 4) is 0 Å². The Kier molecular flexibility index (Phi) is 10.3. The molecule has 0 aliphatic carbocycles. The molecule has 27 heavy (non-hydrogen) atoms. The first-order chi connectivity index (χ1) is 12.5. The van der Waals surface area contributed by atoms with Crippen LogP contribution in [0.15, 0.2) is 33.8 Å². The maximum absolute atomic E-state index is 5.47. The molecule has 0 aliphatic rings. The third-order valence-electron chi connectivity index (χ3n) is 3.99. The number of ether oxygens (including phenoxy) is 1. The SMILES string of the molecule is CCNC(=NCc1nc(C(C)OCC)no1)NC(C)c1ccccc1C.I. The van der Waals surface area contributed by atoms with Crippen molar-refractivity contribution in [3.05, 3.63) is 47.1 Å². The second-order valence-corrected chi connectivity index (χ2v) is 6.06. The topological polar surface area (TPSA) is 84.6 Å². The molecule has 0 amide bonds. The van der Waals surface area contributed by atoms with Crippen LogP contribution in [0.1, 0.15) is 62.7 Å². The van der Waals surface area contributed by atoms with Gasteiger partial charge in [0.25, 0.3) is 0 Å². The minimum atomic E-state index is -0.186. The molecule has 2 N–H and O–H groups in total. The summed E-state index contributed by atoms with van der Waals surface area (Å²) in [5.74, 6) is 1.72. The third kappa shape index (κ3) is 7.10. The summed E-state index contributed by atoms with van der Waals surface area (Å²) in [6.07, 6.45) is -0.186. The molecule has 2 rings (SSSR count). The van der Waals surface area contributed by atoms with Gasteiger partial charge in [0.05, 0.1) is 6.04 Å². The molecule has 2 atom stereocenters. The first kappa shape index (κ1) is 23.4. The summed E-state index contributed by atoms with van der Waals surface area (Å²) in [7, 11) is 0. The van der Waals surface area contributed by atoms with E-state index in [1.54, 1.807) is 0 Å². The van der Waals surface area contributed by atoms with Gasteiger partial charge in [-0.1, -0.05) is 29.4 Å². The monoisotopic (exact) mass is 487 g/mol. The van der Waals surface area contributed by atoms with Gasteiger partial charge in [-0.05, 0) is 45.7 Å². The van der Waals surface area contributed by atoms with E-state index < -0.39 is 0 Å². The Hall–Kier alpha value is -1.68. The number of rotatable bonds is 8. The van der Waals surface area contributed by atoms with Gasteiger partial charge in [-0.2, -0.15) is 4.98 Å². The number of halogens is 1. The molecule has 0 saturated carbocycles. The molecule has 150 valence electrons. The van der Waals surface area contributed by atoms with Crippen molar-refractivity contribution in [1.82, 2.24) is 20.8 Å². The van der Waals surface area contributed by atoms with Crippen molar-refractivity contribution in [2.24, 2.45) is 4.99 Å². The maximum Gasteiger partial charge on any atom is 0.248 e. The highest BCUT2D eigenvalue weighted by Gasteiger charge is 2.14. The maximum atomic E-state index is 5.47. The lowest BCUT2D eigenvalue weighted by Crippen LogP contribution is -2.38. The Morgan fingerprint density at radius 1 is 1.26 bits per heavy atom. The van der Waals surface area contributed by atoms with Crippen molar-refractivity contribution in [2.45, 2.75) is 53.3 Å². The van der Waals surface area contributed by atoms with Crippen LogP contribution in [-0.4, -0.2) is 29.3 Å². The van der Waals surface area contributed by atoms with Crippen molar-refractivity contribution in [1.29, 1.82) is 0 Å². The molecule has 8 heteroatoms. The Balaban J connectivity index is 0.00000364. The summed E-state index contributed by atoms with van der Waals surface area (Å²) >= 11 is 0. The van der Waals surface area contributed by atoms with Gasteiger partial charge in [0, 0.05) is 13.2 Å². The average molecular weight is 487 g/mol. The smallest absolute Gasteiger partial charge is 0.248 e. The molecular formula is C19H30IN5O2. The molecule has 0 saturated heterocycles. The average Bonchev–Trinajstić information content (AvgIpc) is 3.09. The van der Waals surface area contributed by atoms with E-state index in [1.165, 1.54) is 11.1 Å². The molecule has 1 aromatic heterocycles. The molecule has 0 spiro atoms. The van der Waals surface area contributed by atoms with E-state index in [0.717, 1.165) is 6.54 Å². The van der Waals surface area contributed by atoms with Crippen molar-refractivity contribution < 1.29 is 9.26 Å². The Morgan fingerprint density at radius 2 is 2.00 bits per heavy atom. The molecule has 0 aliphatic heterocycles. The molecule has 1 heterocycles. The zero-order chi connectivity index (χ0) is 18.9. The highest BCUT2D eigenvalue weighted by molar-refractivity contribution is 14.0. The van der Waals surface area contributed by atoms with E-state index in [0.29, 0.717) is 30.8 Å². The largest absolute Gasteiger partial charge is 0.371 e. The highest BCUT2D eigenvalue weighted by Crippen LogP contribution is 2.16. The summed E-state index contributed by atoms with van der Waals surface area (Å²) in [5.41, 5.74) is 2.48. The summed E-state index contributed by atoms with van der Waals surface area (Å²) in [6.45, 7) is 11.8. The van der Waals surface area contributed by atoms with Gasteiger partial charge in [0.15, 0.2) is 11.8 Å². The lowest BCUT2D eigenvalue weighted by Gasteiger charge is -2.19. The van der Waals surface area contributed by atoms with Crippen LogP contribution in [0.25, 0.3) is 0 Å². The van der Waals surface area contributed by atoms with Gasteiger partial charge >= 0.3 is 0 Å². The number of hydrogen-bond acceptors (Lipinski definition) is 5. The van der Waals surface area contributed by atoms with E-state index in [1.807, 2.05) is 32.9 Å². The van der Waals surface area contributed by atoms with Crippen LogP contribution >= 0.6 is 24.0 Å². The van der Waals surface area contributed by atoms with Gasteiger partial charge in [-0.15, -0.1) is 24.0 Å². The van der Waals surface area contributed by atoms with E-state index >= 15 is 0 Å². The van der Waals surface area contributed by atoms with Crippen molar-refractivity contribution in [2.75, 3.05) is 13.2 Å². The van der Waals surface area contributed by atoms with Crippen LogP contribution in [0.2, 0.25) is 0 Å². The summed E-state index contributed by atoms with van der Waals surface area (Å²) in [4.78, 5) is 8.90. The number of nitrogens with one attached hydrogen (secondary N) is 2. The van der Waals surface area contributed by atoms with Crippen LogP contribution in [0.5, 0.6) is 0 Å². The van der Waals surface area contributed by atoms with Crippen molar-refractivity contribution in [3.63, 3.8) is 0 Å². The zero-order valence-electron chi connectivity index (χ0n) is 16.7. The second-order valence-electron chi connectivity index (χ2n) is 6.06. The molecule has 2 unspecified atom stereocenters. The second kappa shape index (κ2) is 11.9. The van der Waals surface area contributed by atoms with Crippen LogP contribution in [0.3, 0.4) is 0 Å². The number of aryl methyl sites for hydroxylation is 1. The van der Waals surface area contributed by atoms with Gasteiger partial charge in [0.2, 0.25) is 5.89 Å². The number of benzene rings is 1. The predicted octanol–water partition coefficient (Wildman–Crippen LogP) is 3.91. The number of guanidine groups is 1. The van der Waals surface area contributed by atoms with E-state index in [9.17, 15) is 0 Å². The van der Waals surface area contributed by atoms with E-state index in [-0.39, 0.29) is 36.1 Å². The zero-order valence-corrected chi connectivity index (χ0v) is 19.0. The van der Waals surface area contributed by atoms with Gasteiger partial charge in [0.1, 0.15) is 12.6 Å². The summed E-state index contributed by atoms with van der Waals surface area (Å²) < 4.78 is 10.7. The lowest BCUT2D eigenvalue weighted by molar-refractivity contribution is 0.0683. The summed E-state index contributed by atoms with van der Waals surface area (Å²) in [6, 6.07) is 8.45. The fourth-order valence-corrected chi connectivity index (χ4v) is 2.64. The normalized spacial score (nSPS) is 13.6. The number of hydrogen-bond donors (Lipinski definition) is 2. The van der Waals surface area contributed by atoms with Crippen LogP contribution in [0, 0.1) is 6.92 Å². The first-order valence-electron chi connectivity index (χ1n) is 9.09. The Bertz CT molecular complexity index is 720. The van der Waals surface area contributed by atoms with Gasteiger partial charge in [-0.3, -0.25) is 0 Å². The fraction of sp³-hybridized carbons (Fsp3) is 0.526. The summed E-state index contributed by atoms with van der Waals surface area (Å²) in [5, 5.41) is 10.6. The van der Waals surface area contributed by atoms with Crippen LogP contribution in [-0.2, 0) is 11.3 Å². The van der Waals surface area contributed by atoms with Crippen molar-refractivity contribution >= 4 is 29.9 Å². The van der Waals surface area contributed by atoms with Crippen LogP contribution in [0.4, 0.5) is 0 Å². The van der Waals surface area contributed by atoms with Gasteiger partial charge in [-0.25, -0.2) is 4.99 Å². The van der Waals surface area contributed by atoms with E-state index in [2.05, 4.69) is 51.7 Å². The molecule has 7 nitrogen and oxygen atoms in total. The fourth-order valence-electron chi connectivity index (χ4n) is 2.64. The highest BCUT2D eigenvalue weighted by atomic mass is 127. The van der Waals surface area contributed by atoms with Gasteiger partial charge < -0.3 is 19.9 Å². The molecule has 1 aromatic carbocycles. The quantitative estimate of drug-likeness (QED) is 0.334. The predicted molar refractivity (Wildman–Crippen MR) is 117 cm³/mol. The minimum absolute atomic E-state index is 0. The number of nitrogens with zero attached hydrogens (tertiary/aromatic N) is 3. The minimum Gasteiger partial charge on any atom is -0.371 e. The number of aliphatic imine (C=N–C) groups is 1. The van der Waals surface area contributed by atoms with Crippen LogP contribution < -0.4 is 10.6 Å². The Labute approximate surface area is 178 Å². The third-order valence-corrected chi connectivity index (χ3v) is 3.99. The molecule has 2 aromatic rings. The molecule has 0 bridgehead atoms. The Morgan fingerprint density at radius 3 is 2.67 bits per heavy atom. The standard InChI is InChI=1S/C19H29N5O2.HI/c1-6-20-19(22-14(4)16-11-9-8-10-13(16)3)21-12-17-23-18(24-26-17)15(5)25-7-2;/h8-11,14-15H,6-7,12H2,1-5H3,(H2,20,21,22);1H. The molecule has 0 fully saturated rings. The van der Waals surface area contributed by atoms with E-state index in [4.69, 9.17) is 9.26 Å². The molecule has 0 radical (unpaired) electrons. The first-order valence-corrected chi connectivity index (χ1v) is 9.09.